The third-order valence-electron chi connectivity index (χ3n) is 7.52. The van der Waals surface area contributed by atoms with E-state index in [1.807, 2.05) is 18.7 Å². The maximum Gasteiger partial charge on any atom is 0.408 e. The highest BCUT2D eigenvalue weighted by atomic mass is 79.9. The molecule has 0 bridgehead atoms. The van der Waals surface area contributed by atoms with Crippen molar-refractivity contribution in [3.05, 3.63) is 46.6 Å². The average molecular weight is 753 g/mol. The molecule has 0 spiro atoms. The molecule has 3 aliphatic heterocycles. The van der Waals surface area contributed by atoms with Crippen molar-refractivity contribution >= 4 is 39.7 Å². The highest BCUT2D eigenvalue weighted by molar-refractivity contribution is 9.10. The number of halogens is 1. The Morgan fingerprint density at radius 2 is 1.67 bits per heavy atom. The van der Waals surface area contributed by atoms with Gasteiger partial charge in [0.15, 0.2) is 18.3 Å². The molecule has 4 N–H and O–H groups in total. The Labute approximate surface area is 296 Å². The number of nitrogens with zero attached hydrogens (tertiary/aromatic N) is 2. The van der Waals surface area contributed by atoms with E-state index in [0.29, 0.717) is 37.2 Å². The molecule has 2 fully saturated rings. The summed E-state index contributed by atoms with van der Waals surface area (Å²) in [7, 11) is 0. The largest absolute Gasteiger partial charge is 0.458 e. The summed E-state index contributed by atoms with van der Waals surface area (Å²) < 4.78 is 30.2. The fourth-order valence-corrected chi connectivity index (χ4v) is 5.81. The van der Waals surface area contributed by atoms with Gasteiger partial charge in [0, 0.05) is 16.2 Å². The molecular weight excluding hydrogens is 702 g/mol. The molecule has 0 aliphatic carbocycles. The van der Waals surface area contributed by atoms with Gasteiger partial charge in [0.25, 0.3) is 5.91 Å². The lowest BCUT2D eigenvalue weighted by molar-refractivity contribution is -0.208. The van der Waals surface area contributed by atoms with E-state index in [1.165, 1.54) is 0 Å². The molecule has 0 saturated carbocycles. The van der Waals surface area contributed by atoms with Crippen LogP contribution in [0.1, 0.15) is 85.0 Å². The minimum absolute atomic E-state index is 0.249. The molecule has 0 radical (unpaired) electrons. The van der Waals surface area contributed by atoms with Crippen LogP contribution in [-0.2, 0) is 28.5 Å². The number of aliphatic hydroxyl groups excluding tert-OH is 1. The summed E-state index contributed by atoms with van der Waals surface area (Å²) in [4.78, 5) is 45.1. The lowest BCUT2D eigenvalue weighted by atomic mass is 10.1. The molecule has 2 saturated heterocycles. The molecule has 272 valence electrons. The summed E-state index contributed by atoms with van der Waals surface area (Å²) in [5.74, 6) is -1.39. The minimum Gasteiger partial charge on any atom is -0.458 e. The molecular formula is C34H50BrN5O9. The number of alkyl carbamates (subject to hydrolysis) is 1. The molecule has 3 aliphatic rings. The Morgan fingerprint density at radius 3 is 2.31 bits per heavy atom. The Morgan fingerprint density at radius 1 is 1.02 bits per heavy atom. The van der Waals surface area contributed by atoms with Crippen LogP contribution in [0.5, 0.6) is 0 Å². The smallest absolute Gasteiger partial charge is 0.408 e. The van der Waals surface area contributed by atoms with Crippen molar-refractivity contribution in [3.63, 3.8) is 0 Å². The van der Waals surface area contributed by atoms with E-state index in [0.717, 1.165) is 4.47 Å². The predicted octanol–water partition coefficient (Wildman–Crippen LogP) is 3.92. The first-order valence-corrected chi connectivity index (χ1v) is 17.3. The van der Waals surface area contributed by atoms with Gasteiger partial charge in [-0.3, -0.25) is 10.1 Å². The van der Waals surface area contributed by atoms with E-state index in [-0.39, 0.29) is 12.5 Å². The van der Waals surface area contributed by atoms with Gasteiger partial charge in [0.2, 0.25) is 0 Å². The molecule has 0 aromatic heterocycles. The van der Waals surface area contributed by atoms with Gasteiger partial charge in [-0.15, -0.1) is 0 Å². The van der Waals surface area contributed by atoms with E-state index in [9.17, 15) is 19.5 Å². The van der Waals surface area contributed by atoms with E-state index in [4.69, 9.17) is 28.7 Å². The van der Waals surface area contributed by atoms with Gasteiger partial charge in [-0.05, 0) is 112 Å². The van der Waals surface area contributed by atoms with Crippen LogP contribution in [0.3, 0.4) is 0 Å². The number of aliphatic imine (C=N–C) groups is 1. The monoisotopic (exact) mass is 751 g/mol. The number of amidine groups is 1. The molecule has 1 aromatic carbocycles. The normalized spacial score (nSPS) is 25.3. The number of esters is 1. The van der Waals surface area contributed by atoms with Crippen molar-refractivity contribution in [1.29, 1.82) is 0 Å². The molecule has 6 atom stereocenters. The number of hydrogen-bond acceptors (Lipinski definition) is 12. The van der Waals surface area contributed by atoms with Crippen LogP contribution in [0.4, 0.5) is 4.79 Å². The van der Waals surface area contributed by atoms with Gasteiger partial charge in [-0.1, -0.05) is 15.9 Å². The first kappa shape index (κ1) is 38.7. The number of carbonyl (C=O) groups is 3. The third kappa shape index (κ3) is 11.2. The maximum atomic E-state index is 13.0. The lowest BCUT2D eigenvalue weighted by Gasteiger charge is -2.37. The Kier molecular flexibility index (Phi) is 12.5. The van der Waals surface area contributed by atoms with Gasteiger partial charge in [0.05, 0.1) is 6.61 Å². The van der Waals surface area contributed by atoms with Gasteiger partial charge in [-0.2, -0.15) is 0 Å². The zero-order valence-corrected chi connectivity index (χ0v) is 31.0. The molecule has 15 heteroatoms. The van der Waals surface area contributed by atoms with Crippen LogP contribution >= 0.6 is 15.9 Å². The van der Waals surface area contributed by atoms with E-state index < -0.39 is 65.9 Å². The van der Waals surface area contributed by atoms with Crippen LogP contribution in [-0.4, -0.2) is 101 Å². The second kappa shape index (κ2) is 15.9. The summed E-state index contributed by atoms with van der Waals surface area (Å²) in [6, 6.07) is 6.08. The minimum atomic E-state index is -0.899. The molecule has 49 heavy (non-hydrogen) atoms. The van der Waals surface area contributed by atoms with Crippen LogP contribution in [0.25, 0.3) is 0 Å². The molecule has 14 nitrogen and oxygen atoms in total. The number of nitrogens with one attached hydrogen (secondary N) is 3. The first-order valence-electron chi connectivity index (χ1n) is 16.5. The second-order valence-electron chi connectivity index (χ2n) is 14.6. The zero-order chi connectivity index (χ0) is 36.1. The molecule has 2 amide bonds. The van der Waals surface area contributed by atoms with Crippen molar-refractivity contribution in [2.45, 2.75) is 129 Å². The van der Waals surface area contributed by atoms with E-state index in [2.05, 4.69) is 31.9 Å². The number of amides is 2. The Balaban J connectivity index is 1.44. The highest BCUT2D eigenvalue weighted by Crippen LogP contribution is 2.40. The quantitative estimate of drug-likeness (QED) is 0.191. The summed E-state index contributed by atoms with van der Waals surface area (Å²) in [6.45, 7) is 14.4. The van der Waals surface area contributed by atoms with Crippen molar-refractivity contribution in [2.75, 3.05) is 13.2 Å². The zero-order valence-electron chi connectivity index (χ0n) is 29.4. The second-order valence-corrected chi connectivity index (χ2v) is 15.5. The van der Waals surface area contributed by atoms with Gasteiger partial charge in [-0.25, -0.2) is 14.6 Å². The number of aliphatic hydroxyl groups is 1. The number of ether oxygens (including phenoxy) is 5. The molecule has 4 rings (SSSR count). The lowest BCUT2D eigenvalue weighted by Crippen LogP contribution is -2.54. The molecule has 3 heterocycles. The number of unbranched alkanes of at least 4 members (excludes halogenated alkanes) is 1. The average Bonchev–Trinajstić information content (AvgIpc) is 3.47. The van der Waals surface area contributed by atoms with E-state index >= 15 is 0 Å². The fourth-order valence-electron chi connectivity index (χ4n) is 5.54. The van der Waals surface area contributed by atoms with Crippen molar-refractivity contribution in [3.8, 4) is 0 Å². The van der Waals surface area contributed by atoms with E-state index in [1.54, 1.807) is 78.1 Å². The number of rotatable bonds is 11. The number of fused-ring (bicyclic) bond motifs is 1. The number of hydrogen-bond donors (Lipinski definition) is 4. The van der Waals surface area contributed by atoms with Crippen molar-refractivity contribution < 1.29 is 43.2 Å². The molecule has 1 aromatic rings. The third-order valence-corrected chi connectivity index (χ3v) is 8.05. The SMILES string of the molecule is CC(C)(C)OC(=O)N[C@@H](CCCCNC1N=C(NC(=O)c2ccc(Br)cc2)C=CN1[C@@H]1O[C@H](CO)[C@H]2OC(C)(C)O[C@H]21)C(=O)OC(C)(C)C. The van der Waals surface area contributed by atoms with Gasteiger partial charge < -0.3 is 44.3 Å². The highest BCUT2D eigenvalue weighted by Gasteiger charge is 2.57. The predicted molar refractivity (Wildman–Crippen MR) is 184 cm³/mol. The topological polar surface area (TPSA) is 169 Å². The Hall–Kier alpha value is -3.08. The molecule has 1 unspecified atom stereocenters. The summed E-state index contributed by atoms with van der Waals surface area (Å²) in [5.41, 5.74) is -0.987. The number of benzene rings is 1. The first-order chi connectivity index (χ1) is 22.8. The van der Waals surface area contributed by atoms with Crippen LogP contribution in [0, 0.1) is 0 Å². The summed E-state index contributed by atoms with van der Waals surface area (Å²) in [5, 5.41) is 19.0. The fraction of sp³-hybridized carbons (Fsp3) is 0.647. The van der Waals surface area contributed by atoms with Crippen molar-refractivity contribution in [2.24, 2.45) is 4.99 Å². The number of carbonyl (C=O) groups excluding carboxylic acids is 3. The van der Waals surface area contributed by atoms with Gasteiger partial charge in [0.1, 0.15) is 41.4 Å². The van der Waals surface area contributed by atoms with Crippen LogP contribution < -0.4 is 16.0 Å². The maximum absolute atomic E-state index is 13.0. The van der Waals surface area contributed by atoms with Gasteiger partial charge >= 0.3 is 12.1 Å². The Bertz CT molecular complexity index is 1390. The van der Waals surface area contributed by atoms with Crippen LogP contribution in [0.15, 0.2) is 46.0 Å². The standard InChI is InChI=1S/C34H50BrN5O9/c1-32(2,3)48-29(43)22(37-31(44)49-33(4,5)6)11-9-10-17-36-30-39-24(38-27(42)20-12-14-21(35)15-13-20)16-18-40(30)28-26-25(23(19-41)45-28)46-34(7,8)47-26/h12-16,18,22-23,25-26,28,30,36,41H,9-11,17,19H2,1-8H3,(H,37,44)(H,38,39,42)/t22-,23+,25+,26+,28+,30?/m0/s1. The van der Waals surface area contributed by atoms with Crippen LogP contribution in [0.2, 0.25) is 0 Å². The summed E-state index contributed by atoms with van der Waals surface area (Å²) >= 11 is 3.38. The van der Waals surface area contributed by atoms with Crippen molar-refractivity contribution in [1.82, 2.24) is 20.9 Å². The summed E-state index contributed by atoms with van der Waals surface area (Å²) in [6.07, 6.45) is 1.27.